The van der Waals surface area contributed by atoms with Crippen LogP contribution in [0.3, 0.4) is 0 Å². The van der Waals surface area contributed by atoms with Gasteiger partial charge in [0.05, 0.1) is 5.69 Å². The van der Waals surface area contributed by atoms with E-state index in [1.165, 1.54) is 24.4 Å². The van der Waals surface area contributed by atoms with Crippen LogP contribution >= 0.6 is 0 Å². The zero-order chi connectivity index (χ0) is 15.4. The third-order valence-electron chi connectivity index (χ3n) is 3.13. The lowest BCUT2D eigenvalue weighted by molar-refractivity contribution is 0.584. The molecule has 0 aliphatic heterocycles. The van der Waals surface area contributed by atoms with Crippen LogP contribution in [-0.2, 0) is 6.54 Å². The van der Waals surface area contributed by atoms with E-state index < -0.39 is 5.95 Å². The molecule has 0 amide bonds. The molecular weight excluding hydrogens is 284 g/mol. The molecule has 0 radical (unpaired) electrons. The lowest BCUT2D eigenvalue weighted by atomic mass is 10.2. The van der Waals surface area contributed by atoms with Gasteiger partial charge in [-0.3, -0.25) is 0 Å². The average molecular weight is 297 g/mol. The van der Waals surface area contributed by atoms with Crippen LogP contribution in [0.25, 0.3) is 11.3 Å². The fourth-order valence-electron chi connectivity index (χ4n) is 2.10. The van der Waals surface area contributed by atoms with Crippen LogP contribution in [-0.4, -0.2) is 9.97 Å². The smallest absolute Gasteiger partial charge is 0.213 e. The Hall–Kier alpha value is -2.82. The second kappa shape index (κ2) is 6.30. The third-order valence-corrected chi connectivity index (χ3v) is 3.13. The van der Waals surface area contributed by atoms with Crippen LogP contribution in [0.15, 0.2) is 60.8 Å². The van der Waals surface area contributed by atoms with Crippen molar-refractivity contribution in [3.05, 3.63) is 78.1 Å². The molecule has 0 aliphatic rings. The molecule has 2 aromatic heterocycles. The zero-order valence-electron chi connectivity index (χ0n) is 11.6. The van der Waals surface area contributed by atoms with Gasteiger partial charge in [-0.2, -0.15) is 4.39 Å². The summed E-state index contributed by atoms with van der Waals surface area (Å²) in [6.45, 7) is 0.457. The Morgan fingerprint density at radius 2 is 1.82 bits per heavy atom. The number of rotatable bonds is 4. The van der Waals surface area contributed by atoms with E-state index in [1.54, 1.807) is 24.3 Å². The SMILES string of the molecule is Fc1cccc(CNc2cccc(-c3ccnc(F)c3)n2)c1. The Labute approximate surface area is 126 Å². The third kappa shape index (κ3) is 3.44. The maximum absolute atomic E-state index is 13.2. The van der Waals surface area contributed by atoms with Crippen molar-refractivity contribution < 1.29 is 8.78 Å². The van der Waals surface area contributed by atoms with Crippen molar-refractivity contribution in [1.82, 2.24) is 9.97 Å². The van der Waals surface area contributed by atoms with Crippen molar-refractivity contribution in [2.45, 2.75) is 6.54 Å². The molecule has 0 spiro atoms. The molecule has 22 heavy (non-hydrogen) atoms. The lowest BCUT2D eigenvalue weighted by Crippen LogP contribution is -2.02. The summed E-state index contributed by atoms with van der Waals surface area (Å²) in [5.74, 6) is -0.176. The molecule has 0 saturated carbocycles. The summed E-state index contributed by atoms with van der Waals surface area (Å²) in [5, 5.41) is 3.13. The molecule has 110 valence electrons. The Kier molecular flexibility index (Phi) is 4.05. The monoisotopic (exact) mass is 297 g/mol. The van der Waals surface area contributed by atoms with Crippen LogP contribution in [0.1, 0.15) is 5.56 Å². The van der Waals surface area contributed by atoms with Crippen molar-refractivity contribution in [3.8, 4) is 11.3 Å². The summed E-state index contributed by atoms with van der Waals surface area (Å²) in [6, 6.07) is 14.8. The molecule has 3 nitrogen and oxygen atoms in total. The molecule has 0 fully saturated rings. The summed E-state index contributed by atoms with van der Waals surface area (Å²) in [6.07, 6.45) is 1.40. The highest BCUT2D eigenvalue weighted by atomic mass is 19.1. The van der Waals surface area contributed by atoms with Crippen LogP contribution in [0.5, 0.6) is 0 Å². The number of benzene rings is 1. The van der Waals surface area contributed by atoms with Crippen molar-refractivity contribution in [2.24, 2.45) is 0 Å². The maximum Gasteiger partial charge on any atom is 0.213 e. The first-order chi connectivity index (χ1) is 10.7. The summed E-state index contributed by atoms with van der Waals surface area (Å²) >= 11 is 0. The number of pyridine rings is 2. The van der Waals surface area contributed by atoms with Gasteiger partial charge in [-0.05, 0) is 35.9 Å². The molecule has 1 aromatic carbocycles. The Balaban J connectivity index is 1.77. The van der Waals surface area contributed by atoms with Crippen molar-refractivity contribution >= 4 is 5.82 Å². The van der Waals surface area contributed by atoms with Gasteiger partial charge in [0.15, 0.2) is 0 Å². The van der Waals surface area contributed by atoms with Crippen LogP contribution < -0.4 is 5.32 Å². The standard InChI is InChI=1S/C17H13F2N3/c18-14-4-1-3-12(9-14)11-21-17-6-2-5-15(22-17)13-7-8-20-16(19)10-13/h1-10H,11H2,(H,21,22). The van der Waals surface area contributed by atoms with Crippen molar-refractivity contribution in [1.29, 1.82) is 0 Å². The first-order valence-electron chi connectivity index (χ1n) is 6.78. The number of anilines is 1. The molecule has 0 unspecified atom stereocenters. The van der Waals surface area contributed by atoms with Gasteiger partial charge in [0.25, 0.3) is 0 Å². The molecule has 0 atom stereocenters. The van der Waals surface area contributed by atoms with Crippen molar-refractivity contribution in [2.75, 3.05) is 5.32 Å². The molecule has 0 saturated heterocycles. The summed E-state index contributed by atoms with van der Waals surface area (Å²) in [5.41, 5.74) is 2.12. The minimum Gasteiger partial charge on any atom is -0.366 e. The van der Waals surface area contributed by atoms with Gasteiger partial charge in [0.2, 0.25) is 5.95 Å². The van der Waals surface area contributed by atoms with Gasteiger partial charge in [-0.1, -0.05) is 18.2 Å². The normalized spacial score (nSPS) is 10.5. The largest absolute Gasteiger partial charge is 0.366 e. The molecule has 1 N–H and O–H groups in total. The Bertz CT molecular complexity index is 790. The minimum atomic E-state index is -0.544. The first-order valence-corrected chi connectivity index (χ1v) is 6.78. The molecule has 3 rings (SSSR count). The van der Waals surface area contributed by atoms with E-state index >= 15 is 0 Å². The predicted molar refractivity (Wildman–Crippen MR) is 81.2 cm³/mol. The van der Waals surface area contributed by atoms with E-state index in [-0.39, 0.29) is 5.82 Å². The second-order valence-electron chi connectivity index (χ2n) is 4.76. The molecule has 2 heterocycles. The minimum absolute atomic E-state index is 0.270. The molecule has 0 bridgehead atoms. The summed E-state index contributed by atoms with van der Waals surface area (Å²) < 4.78 is 26.3. The maximum atomic E-state index is 13.2. The van der Waals surface area contributed by atoms with Gasteiger partial charge in [-0.15, -0.1) is 0 Å². The highest BCUT2D eigenvalue weighted by Gasteiger charge is 2.03. The highest BCUT2D eigenvalue weighted by Crippen LogP contribution is 2.19. The fourth-order valence-corrected chi connectivity index (χ4v) is 2.10. The van der Waals surface area contributed by atoms with E-state index in [1.807, 2.05) is 12.1 Å². The number of aromatic nitrogens is 2. The van der Waals surface area contributed by atoms with Gasteiger partial charge < -0.3 is 5.32 Å². The molecule has 3 aromatic rings. The molecule has 5 heteroatoms. The number of nitrogens with zero attached hydrogens (tertiary/aromatic N) is 2. The van der Waals surface area contributed by atoms with Gasteiger partial charge in [0, 0.05) is 24.4 Å². The average Bonchev–Trinajstić information content (AvgIpc) is 2.53. The topological polar surface area (TPSA) is 37.8 Å². The quantitative estimate of drug-likeness (QED) is 0.739. The van der Waals surface area contributed by atoms with Gasteiger partial charge in [0.1, 0.15) is 11.6 Å². The highest BCUT2D eigenvalue weighted by molar-refractivity contribution is 5.60. The van der Waals surface area contributed by atoms with Crippen molar-refractivity contribution in [3.63, 3.8) is 0 Å². The number of nitrogens with one attached hydrogen (secondary N) is 1. The van der Waals surface area contributed by atoms with Crippen LogP contribution in [0.4, 0.5) is 14.6 Å². The predicted octanol–water partition coefficient (Wildman–Crippen LogP) is 4.03. The van der Waals surface area contributed by atoms with E-state index in [0.29, 0.717) is 23.6 Å². The molecule has 0 aliphatic carbocycles. The number of hydrogen-bond acceptors (Lipinski definition) is 3. The van der Waals surface area contributed by atoms with E-state index in [9.17, 15) is 8.78 Å². The van der Waals surface area contributed by atoms with E-state index in [0.717, 1.165) is 5.56 Å². The number of hydrogen-bond donors (Lipinski definition) is 1. The van der Waals surface area contributed by atoms with Crippen LogP contribution in [0.2, 0.25) is 0 Å². The fraction of sp³-hybridized carbons (Fsp3) is 0.0588. The molecular formula is C17H13F2N3. The zero-order valence-corrected chi connectivity index (χ0v) is 11.6. The van der Waals surface area contributed by atoms with Gasteiger partial charge in [-0.25, -0.2) is 14.4 Å². The first kappa shape index (κ1) is 14.1. The lowest BCUT2D eigenvalue weighted by Gasteiger charge is -2.08. The van der Waals surface area contributed by atoms with E-state index in [4.69, 9.17) is 0 Å². The number of halogens is 2. The summed E-state index contributed by atoms with van der Waals surface area (Å²) in [4.78, 5) is 7.95. The Morgan fingerprint density at radius 3 is 2.64 bits per heavy atom. The van der Waals surface area contributed by atoms with E-state index in [2.05, 4.69) is 15.3 Å². The second-order valence-corrected chi connectivity index (χ2v) is 4.76. The summed E-state index contributed by atoms with van der Waals surface area (Å²) in [7, 11) is 0. The Morgan fingerprint density at radius 1 is 0.955 bits per heavy atom. The van der Waals surface area contributed by atoms with Crippen LogP contribution in [0, 0.1) is 11.8 Å². The van der Waals surface area contributed by atoms with Gasteiger partial charge >= 0.3 is 0 Å².